The molecule has 2 rings (SSSR count). The van der Waals surface area contributed by atoms with Crippen molar-refractivity contribution in [3.8, 4) is 11.5 Å². The molecule has 26 heavy (non-hydrogen) atoms. The summed E-state index contributed by atoms with van der Waals surface area (Å²) >= 11 is 1.59. The molecule has 0 radical (unpaired) electrons. The Morgan fingerprint density at radius 2 is 2.04 bits per heavy atom. The zero-order valence-electron chi connectivity index (χ0n) is 13.9. The number of ether oxygens (including phenoxy) is 3. The van der Waals surface area contributed by atoms with Crippen molar-refractivity contribution in [2.75, 3.05) is 20.3 Å². The topological polar surface area (TPSA) is 73.9 Å². The van der Waals surface area contributed by atoms with Crippen LogP contribution >= 0.6 is 11.3 Å². The minimum atomic E-state index is -3.01. The van der Waals surface area contributed by atoms with Crippen molar-refractivity contribution in [3.05, 3.63) is 46.2 Å². The molecule has 1 aromatic carbocycles. The highest BCUT2D eigenvalue weighted by Crippen LogP contribution is 2.29. The Balaban J connectivity index is 1.82. The number of nitrogens with one attached hydrogen (secondary N) is 1. The molecule has 0 aliphatic rings. The van der Waals surface area contributed by atoms with Crippen LogP contribution in [0.5, 0.6) is 11.5 Å². The van der Waals surface area contributed by atoms with E-state index in [0.717, 1.165) is 4.88 Å². The number of carbonyl (C=O) groups is 2. The number of esters is 1. The van der Waals surface area contributed by atoms with E-state index in [1.54, 1.807) is 11.3 Å². The first-order valence-electron chi connectivity index (χ1n) is 7.58. The summed E-state index contributed by atoms with van der Waals surface area (Å²) in [5.74, 6) is -1.45. The number of carbonyl (C=O) groups excluding carboxylic acids is 2. The lowest BCUT2D eigenvalue weighted by Crippen LogP contribution is -2.30. The minimum Gasteiger partial charge on any atom is -0.493 e. The maximum absolute atomic E-state index is 12.3. The van der Waals surface area contributed by atoms with Crippen LogP contribution in [0, 0.1) is 0 Å². The highest BCUT2D eigenvalue weighted by atomic mass is 32.1. The second-order valence-corrected chi connectivity index (χ2v) is 6.03. The summed E-state index contributed by atoms with van der Waals surface area (Å²) in [6.07, 6.45) is 0.695. The van der Waals surface area contributed by atoms with Gasteiger partial charge in [0.25, 0.3) is 5.91 Å². The largest absolute Gasteiger partial charge is 0.493 e. The van der Waals surface area contributed by atoms with Crippen LogP contribution in [-0.2, 0) is 16.0 Å². The third-order valence-corrected chi connectivity index (χ3v) is 4.16. The van der Waals surface area contributed by atoms with E-state index in [1.165, 1.54) is 25.3 Å². The van der Waals surface area contributed by atoms with E-state index in [0.29, 0.717) is 13.0 Å². The average molecular weight is 385 g/mol. The van der Waals surface area contributed by atoms with Crippen molar-refractivity contribution in [2.45, 2.75) is 13.0 Å². The number of methoxy groups -OCH3 is 1. The number of halogens is 2. The maximum Gasteiger partial charge on any atom is 0.387 e. The van der Waals surface area contributed by atoms with Crippen LogP contribution < -0.4 is 14.8 Å². The van der Waals surface area contributed by atoms with Crippen LogP contribution in [0.2, 0.25) is 0 Å². The van der Waals surface area contributed by atoms with Gasteiger partial charge in [-0.3, -0.25) is 4.79 Å². The van der Waals surface area contributed by atoms with Crippen LogP contribution in [0.1, 0.15) is 15.2 Å². The summed E-state index contributed by atoms with van der Waals surface area (Å²) in [4.78, 5) is 24.8. The summed E-state index contributed by atoms with van der Waals surface area (Å²) in [6, 6.07) is 7.51. The Morgan fingerprint density at radius 3 is 2.69 bits per heavy atom. The predicted molar refractivity (Wildman–Crippen MR) is 90.9 cm³/mol. The molecule has 0 spiro atoms. The molecule has 1 aromatic heterocycles. The number of hydrogen-bond donors (Lipinski definition) is 1. The second-order valence-electron chi connectivity index (χ2n) is 5.00. The molecular weight excluding hydrogens is 368 g/mol. The molecule has 2 aromatic rings. The molecule has 1 N–H and O–H groups in total. The van der Waals surface area contributed by atoms with E-state index in [9.17, 15) is 18.4 Å². The standard InChI is InChI=1S/C17H17F2NO5S/c1-23-14-9-11(4-5-13(14)25-17(18)19)16(22)24-10-15(21)20-7-6-12-3-2-8-26-12/h2-5,8-9,17H,6-7,10H2,1H3,(H,20,21). The molecule has 0 aliphatic carbocycles. The fourth-order valence-corrected chi connectivity index (χ4v) is 2.74. The van der Waals surface area contributed by atoms with Crippen LogP contribution in [0.15, 0.2) is 35.7 Å². The first-order chi connectivity index (χ1) is 12.5. The van der Waals surface area contributed by atoms with Gasteiger partial charge in [0.1, 0.15) is 0 Å². The van der Waals surface area contributed by atoms with Crippen molar-refractivity contribution < 1.29 is 32.6 Å². The Hall–Kier alpha value is -2.68. The van der Waals surface area contributed by atoms with E-state index < -0.39 is 25.1 Å². The van der Waals surface area contributed by atoms with Gasteiger partial charge < -0.3 is 19.5 Å². The molecule has 6 nitrogen and oxygen atoms in total. The molecule has 0 aliphatic heterocycles. The lowest BCUT2D eigenvalue weighted by molar-refractivity contribution is -0.124. The first kappa shape index (κ1) is 19.6. The number of rotatable bonds is 9. The molecule has 0 atom stereocenters. The van der Waals surface area contributed by atoms with Gasteiger partial charge in [-0.2, -0.15) is 8.78 Å². The lowest BCUT2D eigenvalue weighted by atomic mass is 10.2. The summed E-state index contributed by atoms with van der Waals surface area (Å²) < 4.78 is 38.7. The number of amides is 1. The second kappa shape index (κ2) is 9.71. The van der Waals surface area contributed by atoms with Gasteiger partial charge in [0.05, 0.1) is 12.7 Å². The Kier molecular flexibility index (Phi) is 7.34. The third kappa shape index (κ3) is 5.99. The van der Waals surface area contributed by atoms with Crippen molar-refractivity contribution in [2.24, 2.45) is 0 Å². The average Bonchev–Trinajstić information content (AvgIpc) is 3.13. The van der Waals surface area contributed by atoms with E-state index in [1.807, 2.05) is 17.5 Å². The normalized spacial score (nSPS) is 10.5. The van der Waals surface area contributed by atoms with Gasteiger partial charge in [0.2, 0.25) is 0 Å². The molecule has 1 amide bonds. The van der Waals surface area contributed by atoms with Gasteiger partial charge in [-0.1, -0.05) is 6.07 Å². The van der Waals surface area contributed by atoms with Crippen LogP contribution in [0.25, 0.3) is 0 Å². The van der Waals surface area contributed by atoms with Crippen LogP contribution in [0.4, 0.5) is 8.78 Å². The van der Waals surface area contributed by atoms with E-state index in [4.69, 9.17) is 9.47 Å². The first-order valence-corrected chi connectivity index (χ1v) is 8.46. The minimum absolute atomic E-state index is 0.0415. The quantitative estimate of drug-likeness (QED) is 0.672. The number of thiophene rings is 1. The van der Waals surface area contributed by atoms with Crippen molar-refractivity contribution in [1.82, 2.24) is 5.32 Å². The van der Waals surface area contributed by atoms with Crippen molar-refractivity contribution >= 4 is 23.2 Å². The van der Waals surface area contributed by atoms with E-state index in [2.05, 4.69) is 10.1 Å². The zero-order chi connectivity index (χ0) is 18.9. The predicted octanol–water partition coefficient (Wildman–Crippen LogP) is 2.87. The molecule has 0 fully saturated rings. The maximum atomic E-state index is 12.3. The zero-order valence-corrected chi connectivity index (χ0v) is 14.7. The summed E-state index contributed by atoms with van der Waals surface area (Å²) in [7, 11) is 1.25. The van der Waals surface area contributed by atoms with Gasteiger partial charge in [0.15, 0.2) is 18.1 Å². The fourth-order valence-electron chi connectivity index (χ4n) is 2.03. The SMILES string of the molecule is COc1cc(C(=O)OCC(=O)NCCc2cccs2)ccc1OC(F)F. The summed E-state index contributed by atoms with van der Waals surface area (Å²) in [5, 5.41) is 4.59. The highest BCUT2D eigenvalue weighted by molar-refractivity contribution is 7.09. The fraction of sp³-hybridized carbons (Fsp3) is 0.294. The van der Waals surface area contributed by atoms with Gasteiger partial charge in [-0.05, 0) is 36.1 Å². The van der Waals surface area contributed by atoms with E-state index in [-0.39, 0.29) is 17.1 Å². The van der Waals surface area contributed by atoms with Crippen LogP contribution in [0.3, 0.4) is 0 Å². The molecule has 140 valence electrons. The number of alkyl halides is 2. The molecular formula is C17H17F2NO5S. The number of hydrogen-bond acceptors (Lipinski definition) is 6. The third-order valence-electron chi connectivity index (χ3n) is 3.22. The van der Waals surface area contributed by atoms with Gasteiger partial charge in [0, 0.05) is 11.4 Å². The van der Waals surface area contributed by atoms with Crippen LogP contribution in [-0.4, -0.2) is 38.7 Å². The van der Waals surface area contributed by atoms with Gasteiger partial charge >= 0.3 is 12.6 Å². The van der Waals surface area contributed by atoms with Crippen molar-refractivity contribution in [3.63, 3.8) is 0 Å². The summed E-state index contributed by atoms with van der Waals surface area (Å²) in [5.41, 5.74) is 0.0508. The van der Waals surface area contributed by atoms with Gasteiger partial charge in [-0.15, -0.1) is 11.3 Å². The molecule has 0 unspecified atom stereocenters. The Bertz CT molecular complexity index is 737. The monoisotopic (exact) mass is 385 g/mol. The molecule has 0 bridgehead atoms. The lowest BCUT2D eigenvalue weighted by Gasteiger charge is -2.11. The molecule has 0 saturated carbocycles. The highest BCUT2D eigenvalue weighted by Gasteiger charge is 2.16. The molecule has 0 saturated heterocycles. The summed E-state index contributed by atoms with van der Waals surface area (Å²) in [6.45, 7) is -3.02. The van der Waals surface area contributed by atoms with Crippen molar-refractivity contribution in [1.29, 1.82) is 0 Å². The number of benzene rings is 1. The van der Waals surface area contributed by atoms with E-state index >= 15 is 0 Å². The smallest absolute Gasteiger partial charge is 0.387 e. The Morgan fingerprint density at radius 1 is 1.23 bits per heavy atom. The van der Waals surface area contributed by atoms with Gasteiger partial charge in [-0.25, -0.2) is 4.79 Å². The molecule has 1 heterocycles. The molecule has 9 heteroatoms. The Labute approximate surface area is 152 Å².